The van der Waals surface area contributed by atoms with Crippen LogP contribution in [0.2, 0.25) is 0 Å². The van der Waals surface area contributed by atoms with Gasteiger partial charge in [0, 0.05) is 5.56 Å². The monoisotopic (exact) mass is 491 g/mol. The van der Waals surface area contributed by atoms with Crippen LogP contribution in [0.1, 0.15) is 48.7 Å². The molecule has 0 aliphatic carbocycles. The number of hydrogen-bond donors (Lipinski definition) is 2. The number of nitrogens with one attached hydrogen (secondary N) is 2. The van der Waals surface area contributed by atoms with Crippen molar-refractivity contribution in [1.29, 1.82) is 0 Å². The Balaban J connectivity index is 1.50. The van der Waals surface area contributed by atoms with Crippen LogP contribution in [0.5, 0.6) is 0 Å². The minimum atomic E-state index is -0.470. The van der Waals surface area contributed by atoms with Crippen molar-refractivity contribution >= 4 is 18.2 Å². The van der Waals surface area contributed by atoms with Crippen LogP contribution in [-0.4, -0.2) is 36.5 Å². The molecule has 0 bridgehead atoms. The predicted octanol–water partition coefficient (Wildman–Crippen LogP) is 4.54. The fourth-order valence-corrected chi connectivity index (χ4v) is 3.68. The Hall–Kier alpha value is -3.91. The van der Waals surface area contributed by atoms with Gasteiger partial charge < -0.3 is 15.1 Å². The van der Waals surface area contributed by atoms with Crippen LogP contribution in [0, 0.1) is 5.92 Å². The van der Waals surface area contributed by atoms with E-state index in [2.05, 4.69) is 17.6 Å². The van der Waals surface area contributed by atoms with E-state index in [4.69, 9.17) is 9.25 Å². The first kappa shape index (κ1) is 26.7. The number of hydroxylamine groups is 2. The van der Waals surface area contributed by atoms with Crippen molar-refractivity contribution in [3.05, 3.63) is 84.1 Å². The second kappa shape index (κ2) is 14.5. The molecule has 1 atom stereocenters. The molecule has 1 aromatic heterocycles. The standard InChI is InChI=1S/C28H33N3O5/c1-2-3-6-15-24(18-31(21-32)35-19-22-11-7-4-8-12-22)27(33)29-20-30-28(34)26-17-16-25(36-26)23-13-9-5-10-14-23/h4-5,7-14,16-17,21,24H,2-3,6,15,18-20H2,1H3,(H,29,33)(H,30,34). The number of rotatable bonds is 15. The van der Waals surface area contributed by atoms with E-state index < -0.39 is 11.8 Å². The van der Waals surface area contributed by atoms with E-state index in [1.54, 1.807) is 12.1 Å². The molecule has 3 rings (SSSR count). The molecule has 190 valence electrons. The minimum absolute atomic E-state index is 0.0602. The molecule has 3 aromatic rings. The van der Waals surface area contributed by atoms with E-state index in [-0.39, 0.29) is 31.5 Å². The number of unbranched alkanes of at least 4 members (excludes halogenated alkanes) is 2. The molecule has 0 saturated carbocycles. The molecular weight excluding hydrogens is 458 g/mol. The van der Waals surface area contributed by atoms with Crippen LogP contribution in [0.25, 0.3) is 11.3 Å². The zero-order chi connectivity index (χ0) is 25.6. The van der Waals surface area contributed by atoms with Gasteiger partial charge in [0.1, 0.15) is 12.4 Å². The Morgan fingerprint density at radius 3 is 2.39 bits per heavy atom. The summed E-state index contributed by atoms with van der Waals surface area (Å²) < 4.78 is 5.65. The van der Waals surface area contributed by atoms with Crippen molar-refractivity contribution in [1.82, 2.24) is 15.7 Å². The smallest absolute Gasteiger partial charge is 0.288 e. The summed E-state index contributed by atoms with van der Waals surface area (Å²) in [4.78, 5) is 42.5. The molecule has 36 heavy (non-hydrogen) atoms. The normalized spacial score (nSPS) is 11.5. The van der Waals surface area contributed by atoms with E-state index in [0.717, 1.165) is 35.5 Å². The second-order valence-electron chi connectivity index (χ2n) is 8.41. The third kappa shape index (κ3) is 8.39. The van der Waals surface area contributed by atoms with E-state index in [1.807, 2.05) is 60.7 Å². The second-order valence-corrected chi connectivity index (χ2v) is 8.41. The lowest BCUT2D eigenvalue weighted by Gasteiger charge is -2.23. The van der Waals surface area contributed by atoms with Gasteiger partial charge >= 0.3 is 0 Å². The van der Waals surface area contributed by atoms with Gasteiger partial charge in [-0.25, -0.2) is 5.06 Å². The lowest BCUT2D eigenvalue weighted by atomic mass is 10.0. The average Bonchev–Trinajstić information content (AvgIpc) is 3.42. The van der Waals surface area contributed by atoms with Gasteiger partial charge in [-0.05, 0) is 24.1 Å². The summed E-state index contributed by atoms with van der Waals surface area (Å²) in [6.07, 6.45) is 4.04. The Morgan fingerprint density at radius 1 is 0.972 bits per heavy atom. The highest BCUT2D eigenvalue weighted by molar-refractivity contribution is 5.92. The Bertz CT molecular complexity index is 1080. The van der Waals surface area contributed by atoms with E-state index >= 15 is 0 Å². The number of furan rings is 1. The lowest BCUT2D eigenvalue weighted by Crippen LogP contribution is -2.43. The van der Waals surface area contributed by atoms with Gasteiger partial charge in [0.25, 0.3) is 5.91 Å². The van der Waals surface area contributed by atoms with E-state index in [9.17, 15) is 14.4 Å². The summed E-state index contributed by atoms with van der Waals surface area (Å²) in [6.45, 7) is 2.38. The van der Waals surface area contributed by atoms with Crippen LogP contribution in [0.3, 0.4) is 0 Å². The largest absolute Gasteiger partial charge is 0.451 e. The first-order chi connectivity index (χ1) is 17.6. The highest BCUT2D eigenvalue weighted by Crippen LogP contribution is 2.21. The maximum Gasteiger partial charge on any atom is 0.288 e. The molecule has 0 fully saturated rings. The van der Waals surface area contributed by atoms with Gasteiger partial charge in [-0.3, -0.25) is 19.2 Å². The number of amides is 3. The molecule has 2 aromatic carbocycles. The highest BCUT2D eigenvalue weighted by atomic mass is 16.7. The van der Waals surface area contributed by atoms with Crippen molar-refractivity contribution in [3.63, 3.8) is 0 Å². The van der Waals surface area contributed by atoms with Gasteiger partial charge in [-0.15, -0.1) is 0 Å². The van der Waals surface area contributed by atoms with Crippen molar-refractivity contribution in [2.24, 2.45) is 5.92 Å². The molecule has 0 spiro atoms. The third-order valence-electron chi connectivity index (χ3n) is 5.68. The fraction of sp³-hybridized carbons (Fsp3) is 0.321. The summed E-state index contributed by atoms with van der Waals surface area (Å²) >= 11 is 0. The quantitative estimate of drug-likeness (QED) is 0.141. The Labute approximate surface area is 211 Å². The molecule has 0 radical (unpaired) electrons. The first-order valence-electron chi connectivity index (χ1n) is 12.2. The Kier molecular flexibility index (Phi) is 10.7. The molecule has 1 unspecified atom stereocenters. The van der Waals surface area contributed by atoms with Crippen LogP contribution in [0.15, 0.2) is 77.2 Å². The summed E-state index contributed by atoms with van der Waals surface area (Å²) in [5.74, 6) is -0.413. The molecule has 1 heterocycles. The molecule has 0 aliphatic rings. The number of carbonyl (C=O) groups is 3. The summed E-state index contributed by atoms with van der Waals surface area (Å²) in [5, 5.41) is 6.56. The number of benzene rings is 2. The van der Waals surface area contributed by atoms with Gasteiger partial charge in [0.05, 0.1) is 19.1 Å². The van der Waals surface area contributed by atoms with Crippen molar-refractivity contribution in [3.8, 4) is 11.3 Å². The summed E-state index contributed by atoms with van der Waals surface area (Å²) in [7, 11) is 0. The lowest BCUT2D eigenvalue weighted by molar-refractivity contribution is -0.182. The third-order valence-corrected chi connectivity index (χ3v) is 5.68. The van der Waals surface area contributed by atoms with Gasteiger partial charge in [0.2, 0.25) is 12.3 Å². The molecule has 2 N–H and O–H groups in total. The Morgan fingerprint density at radius 2 is 1.69 bits per heavy atom. The zero-order valence-electron chi connectivity index (χ0n) is 20.5. The molecular formula is C28H33N3O5. The van der Waals surface area contributed by atoms with Gasteiger partial charge in [-0.1, -0.05) is 86.8 Å². The van der Waals surface area contributed by atoms with Gasteiger partial charge in [-0.2, -0.15) is 0 Å². The number of carbonyl (C=O) groups excluding carboxylic acids is 3. The molecule has 0 saturated heterocycles. The van der Waals surface area contributed by atoms with E-state index in [1.165, 1.54) is 0 Å². The average molecular weight is 492 g/mol. The van der Waals surface area contributed by atoms with Crippen LogP contribution in [-0.2, 0) is 21.0 Å². The molecule has 0 aliphatic heterocycles. The van der Waals surface area contributed by atoms with Crippen molar-refractivity contribution in [2.75, 3.05) is 13.2 Å². The maximum atomic E-state index is 12.9. The molecule has 8 heteroatoms. The number of nitrogens with zero attached hydrogens (tertiary/aromatic N) is 1. The first-order valence-corrected chi connectivity index (χ1v) is 12.2. The van der Waals surface area contributed by atoms with E-state index in [0.29, 0.717) is 18.6 Å². The fourth-order valence-electron chi connectivity index (χ4n) is 3.68. The van der Waals surface area contributed by atoms with Crippen LogP contribution >= 0.6 is 0 Å². The summed E-state index contributed by atoms with van der Waals surface area (Å²) in [6, 6.07) is 22.3. The van der Waals surface area contributed by atoms with Crippen LogP contribution in [0.4, 0.5) is 0 Å². The minimum Gasteiger partial charge on any atom is -0.451 e. The van der Waals surface area contributed by atoms with Gasteiger partial charge in [0.15, 0.2) is 5.76 Å². The zero-order valence-corrected chi connectivity index (χ0v) is 20.5. The van der Waals surface area contributed by atoms with Crippen molar-refractivity contribution in [2.45, 2.75) is 39.2 Å². The topological polar surface area (TPSA) is 101 Å². The summed E-state index contributed by atoms with van der Waals surface area (Å²) in [5.41, 5.74) is 1.79. The molecule has 8 nitrogen and oxygen atoms in total. The predicted molar refractivity (Wildman–Crippen MR) is 136 cm³/mol. The SMILES string of the molecule is CCCCCC(CN(C=O)OCc1ccccc1)C(=O)NCNC(=O)c1ccc(-c2ccccc2)o1. The molecule has 3 amide bonds. The number of hydrogen-bond acceptors (Lipinski definition) is 5. The highest BCUT2D eigenvalue weighted by Gasteiger charge is 2.22. The maximum absolute atomic E-state index is 12.9. The van der Waals surface area contributed by atoms with Crippen LogP contribution < -0.4 is 10.6 Å². The van der Waals surface area contributed by atoms with Crippen molar-refractivity contribution < 1.29 is 23.6 Å².